The molecule has 0 aromatic heterocycles. The van der Waals surface area contributed by atoms with Crippen LogP contribution in [0.5, 0.6) is 0 Å². The SMILES string of the molecule is O=C(/C=C/c1ccc(C(=O)NC2CC2)cc1)NCCCSc1ccc(F)cc1. The summed E-state index contributed by atoms with van der Waals surface area (Å²) in [5, 5.41) is 5.79. The molecule has 0 saturated heterocycles. The maximum Gasteiger partial charge on any atom is 0.251 e. The molecule has 0 aliphatic heterocycles. The lowest BCUT2D eigenvalue weighted by molar-refractivity contribution is -0.116. The first kappa shape index (κ1) is 20.1. The Hall–Kier alpha value is -2.60. The number of carbonyl (C=O) groups excluding carboxylic acids is 2. The molecule has 0 radical (unpaired) electrons. The van der Waals surface area contributed by atoms with Gasteiger partial charge in [-0.05, 0) is 73.1 Å². The average Bonchev–Trinajstić information content (AvgIpc) is 3.52. The van der Waals surface area contributed by atoms with E-state index in [1.165, 1.54) is 18.2 Å². The predicted octanol–water partition coefficient (Wildman–Crippen LogP) is 4.03. The first-order valence-electron chi connectivity index (χ1n) is 9.35. The van der Waals surface area contributed by atoms with Gasteiger partial charge in [0.25, 0.3) is 5.91 Å². The third-order valence-electron chi connectivity index (χ3n) is 4.22. The van der Waals surface area contributed by atoms with E-state index in [0.717, 1.165) is 35.5 Å². The minimum absolute atomic E-state index is 0.0470. The van der Waals surface area contributed by atoms with Crippen molar-refractivity contribution in [2.45, 2.75) is 30.2 Å². The second-order valence-electron chi connectivity index (χ2n) is 6.65. The summed E-state index contributed by atoms with van der Waals surface area (Å²) in [5.74, 6) is 0.413. The summed E-state index contributed by atoms with van der Waals surface area (Å²) in [5.41, 5.74) is 1.50. The second-order valence-corrected chi connectivity index (χ2v) is 7.82. The van der Waals surface area contributed by atoms with Gasteiger partial charge in [-0.2, -0.15) is 0 Å². The summed E-state index contributed by atoms with van der Waals surface area (Å²) in [6.45, 7) is 0.581. The van der Waals surface area contributed by atoms with Crippen LogP contribution in [-0.2, 0) is 4.79 Å². The Morgan fingerprint density at radius 2 is 1.79 bits per heavy atom. The topological polar surface area (TPSA) is 58.2 Å². The van der Waals surface area contributed by atoms with E-state index in [2.05, 4.69) is 10.6 Å². The van der Waals surface area contributed by atoms with Crippen LogP contribution in [0.3, 0.4) is 0 Å². The van der Waals surface area contributed by atoms with Gasteiger partial charge in [0.05, 0.1) is 0 Å². The molecule has 2 amide bonds. The zero-order chi connectivity index (χ0) is 19.8. The summed E-state index contributed by atoms with van der Waals surface area (Å²) in [6, 6.07) is 13.9. The van der Waals surface area contributed by atoms with Gasteiger partial charge in [-0.3, -0.25) is 9.59 Å². The third kappa shape index (κ3) is 6.85. The number of halogens is 1. The lowest BCUT2D eigenvalue weighted by Gasteiger charge is -2.04. The van der Waals surface area contributed by atoms with E-state index in [4.69, 9.17) is 0 Å². The standard InChI is InChI=1S/C22H23FN2O2S/c23-18-7-11-20(12-8-18)28-15-1-14-24-21(26)13-4-16-2-5-17(6-3-16)22(27)25-19-9-10-19/h2-8,11-13,19H,1,9-10,14-15H2,(H,24,26)(H,25,27)/b13-4+. The van der Waals surface area contributed by atoms with Crippen LogP contribution in [0.25, 0.3) is 6.08 Å². The fourth-order valence-corrected chi connectivity index (χ4v) is 3.33. The van der Waals surface area contributed by atoms with Gasteiger partial charge < -0.3 is 10.6 Å². The molecular formula is C22H23FN2O2S. The largest absolute Gasteiger partial charge is 0.353 e. The van der Waals surface area contributed by atoms with E-state index in [0.29, 0.717) is 18.2 Å². The van der Waals surface area contributed by atoms with Gasteiger partial charge in [-0.1, -0.05) is 12.1 Å². The van der Waals surface area contributed by atoms with Crippen LogP contribution in [-0.4, -0.2) is 30.2 Å². The average molecular weight is 399 g/mol. The van der Waals surface area contributed by atoms with Gasteiger partial charge in [-0.25, -0.2) is 4.39 Å². The van der Waals surface area contributed by atoms with Crippen molar-refractivity contribution in [3.63, 3.8) is 0 Å². The molecule has 28 heavy (non-hydrogen) atoms. The fourth-order valence-electron chi connectivity index (χ4n) is 2.48. The van der Waals surface area contributed by atoms with Crippen LogP contribution < -0.4 is 10.6 Å². The highest BCUT2D eigenvalue weighted by molar-refractivity contribution is 7.99. The Bertz CT molecular complexity index is 831. The Labute approximate surface area is 168 Å². The predicted molar refractivity (Wildman–Crippen MR) is 111 cm³/mol. The molecule has 1 fully saturated rings. The van der Waals surface area contributed by atoms with E-state index >= 15 is 0 Å². The first-order chi connectivity index (χ1) is 13.6. The van der Waals surface area contributed by atoms with E-state index in [1.54, 1.807) is 42.1 Å². The molecule has 0 unspecified atom stereocenters. The zero-order valence-electron chi connectivity index (χ0n) is 15.5. The maximum absolute atomic E-state index is 12.8. The van der Waals surface area contributed by atoms with Crippen LogP contribution in [0.15, 0.2) is 59.5 Å². The molecule has 6 heteroatoms. The summed E-state index contributed by atoms with van der Waals surface area (Å²) >= 11 is 1.63. The highest BCUT2D eigenvalue weighted by Gasteiger charge is 2.23. The van der Waals surface area contributed by atoms with Crippen molar-refractivity contribution in [3.05, 3.63) is 71.6 Å². The molecule has 146 valence electrons. The summed E-state index contributed by atoms with van der Waals surface area (Å²) in [4.78, 5) is 24.8. The van der Waals surface area contributed by atoms with Crippen molar-refractivity contribution in [1.29, 1.82) is 0 Å². The van der Waals surface area contributed by atoms with Gasteiger partial charge in [0.1, 0.15) is 5.82 Å². The van der Waals surface area contributed by atoms with Gasteiger partial charge in [0, 0.05) is 29.1 Å². The molecule has 0 bridgehead atoms. The Morgan fingerprint density at radius 3 is 2.46 bits per heavy atom. The van der Waals surface area contributed by atoms with Gasteiger partial charge in [-0.15, -0.1) is 11.8 Å². The van der Waals surface area contributed by atoms with Gasteiger partial charge >= 0.3 is 0 Å². The number of nitrogens with one attached hydrogen (secondary N) is 2. The Kier molecular flexibility index (Phi) is 7.25. The minimum Gasteiger partial charge on any atom is -0.353 e. The Balaban J connectivity index is 1.34. The molecule has 2 N–H and O–H groups in total. The van der Waals surface area contributed by atoms with E-state index in [-0.39, 0.29) is 17.6 Å². The van der Waals surface area contributed by atoms with Crippen molar-refractivity contribution in [2.24, 2.45) is 0 Å². The molecule has 2 aromatic carbocycles. The number of benzene rings is 2. The third-order valence-corrected chi connectivity index (χ3v) is 5.31. The zero-order valence-corrected chi connectivity index (χ0v) is 16.3. The smallest absolute Gasteiger partial charge is 0.251 e. The van der Waals surface area contributed by atoms with Crippen molar-refractivity contribution in [1.82, 2.24) is 10.6 Å². The van der Waals surface area contributed by atoms with Crippen LogP contribution in [0, 0.1) is 5.82 Å². The molecule has 0 atom stereocenters. The van der Waals surface area contributed by atoms with Crippen molar-refractivity contribution in [3.8, 4) is 0 Å². The number of amides is 2. The molecule has 1 aliphatic rings. The van der Waals surface area contributed by atoms with E-state index in [1.807, 2.05) is 12.1 Å². The summed E-state index contributed by atoms with van der Waals surface area (Å²) in [7, 11) is 0. The molecule has 1 aliphatic carbocycles. The van der Waals surface area contributed by atoms with Crippen molar-refractivity contribution in [2.75, 3.05) is 12.3 Å². The van der Waals surface area contributed by atoms with E-state index in [9.17, 15) is 14.0 Å². The highest BCUT2D eigenvalue weighted by atomic mass is 32.2. The van der Waals surface area contributed by atoms with Gasteiger partial charge in [0.2, 0.25) is 5.91 Å². The highest BCUT2D eigenvalue weighted by Crippen LogP contribution is 2.20. The maximum atomic E-state index is 12.8. The molecule has 2 aromatic rings. The van der Waals surface area contributed by atoms with Crippen LogP contribution in [0.4, 0.5) is 4.39 Å². The van der Waals surface area contributed by atoms with Crippen LogP contribution in [0.2, 0.25) is 0 Å². The molecule has 0 spiro atoms. The number of hydrogen-bond acceptors (Lipinski definition) is 3. The number of rotatable bonds is 9. The lowest BCUT2D eigenvalue weighted by Crippen LogP contribution is -2.25. The Morgan fingerprint density at radius 1 is 1.07 bits per heavy atom. The summed E-state index contributed by atoms with van der Waals surface area (Å²) in [6.07, 6.45) is 6.17. The van der Waals surface area contributed by atoms with Crippen LogP contribution in [0.1, 0.15) is 35.2 Å². The monoisotopic (exact) mass is 398 g/mol. The number of thioether (sulfide) groups is 1. The molecule has 4 nitrogen and oxygen atoms in total. The lowest BCUT2D eigenvalue weighted by atomic mass is 10.1. The molecule has 3 rings (SSSR count). The number of hydrogen-bond donors (Lipinski definition) is 2. The van der Waals surface area contributed by atoms with Gasteiger partial charge in [0.15, 0.2) is 0 Å². The second kappa shape index (κ2) is 10.1. The summed E-state index contributed by atoms with van der Waals surface area (Å²) < 4.78 is 12.8. The first-order valence-corrected chi connectivity index (χ1v) is 10.3. The minimum atomic E-state index is -0.237. The molecule has 0 heterocycles. The van der Waals surface area contributed by atoms with Crippen LogP contribution >= 0.6 is 11.8 Å². The molecular weight excluding hydrogens is 375 g/mol. The number of carbonyl (C=O) groups is 2. The fraction of sp³-hybridized carbons (Fsp3) is 0.273. The quantitative estimate of drug-likeness (QED) is 0.381. The van der Waals surface area contributed by atoms with E-state index < -0.39 is 0 Å². The van der Waals surface area contributed by atoms with Crippen molar-refractivity contribution >= 4 is 29.7 Å². The van der Waals surface area contributed by atoms with Crippen molar-refractivity contribution < 1.29 is 14.0 Å². The molecule has 1 saturated carbocycles. The normalized spacial score (nSPS) is 13.5.